The first kappa shape index (κ1) is 19.0. The summed E-state index contributed by atoms with van der Waals surface area (Å²) < 4.78 is 1.96. The van der Waals surface area contributed by atoms with E-state index >= 15 is 0 Å². The molecule has 2 aliphatic rings. The Morgan fingerprint density at radius 2 is 2.00 bits per heavy atom. The zero-order valence-electron chi connectivity index (χ0n) is 16.9. The molecule has 1 aromatic heterocycles. The maximum Gasteiger partial charge on any atom is 0.254 e. The molecule has 2 heterocycles. The van der Waals surface area contributed by atoms with Gasteiger partial charge in [-0.1, -0.05) is 20.8 Å². The molecule has 1 aliphatic heterocycles. The number of amides is 2. The Kier molecular flexibility index (Phi) is 4.49. The summed E-state index contributed by atoms with van der Waals surface area (Å²) in [4.78, 5) is 26.7. The maximum atomic E-state index is 13.3. The van der Waals surface area contributed by atoms with Crippen LogP contribution >= 0.6 is 0 Å². The number of aromatic nitrogens is 1. The van der Waals surface area contributed by atoms with Gasteiger partial charge in [0, 0.05) is 48.2 Å². The molecule has 2 N–H and O–H groups in total. The van der Waals surface area contributed by atoms with Crippen molar-refractivity contribution in [3.63, 3.8) is 0 Å². The highest BCUT2D eigenvalue weighted by molar-refractivity contribution is 5.98. The van der Waals surface area contributed by atoms with Crippen molar-refractivity contribution in [1.82, 2.24) is 14.9 Å². The van der Waals surface area contributed by atoms with E-state index < -0.39 is 5.91 Å². The molecule has 150 valence electrons. The highest BCUT2D eigenvalue weighted by atomic mass is 16.5. The molecule has 1 aromatic carbocycles. The normalized spacial score (nSPS) is 25.9. The maximum absolute atomic E-state index is 13.3. The van der Waals surface area contributed by atoms with E-state index in [-0.39, 0.29) is 23.2 Å². The Morgan fingerprint density at radius 3 is 2.75 bits per heavy atom. The topological polar surface area (TPSA) is 74.6 Å². The number of nitrogens with one attached hydrogen (secondary N) is 1. The number of hydrogen-bond acceptors (Lipinski definition) is 3. The molecular weight excluding hydrogens is 354 g/mol. The van der Waals surface area contributed by atoms with Crippen LogP contribution in [-0.4, -0.2) is 39.1 Å². The average Bonchev–Trinajstić information content (AvgIpc) is 3.15. The van der Waals surface area contributed by atoms with Crippen LogP contribution in [0.5, 0.6) is 0 Å². The molecular formula is C22H29N3O3. The van der Waals surface area contributed by atoms with Gasteiger partial charge in [-0.15, -0.1) is 0 Å². The van der Waals surface area contributed by atoms with Crippen molar-refractivity contribution >= 4 is 22.7 Å². The molecule has 4 rings (SSSR count). The summed E-state index contributed by atoms with van der Waals surface area (Å²) in [5.74, 6) is -0.286. The Morgan fingerprint density at radius 1 is 1.21 bits per heavy atom. The highest BCUT2D eigenvalue weighted by Crippen LogP contribution is 2.52. The molecule has 2 amide bonds. The van der Waals surface area contributed by atoms with Gasteiger partial charge < -0.3 is 9.47 Å². The summed E-state index contributed by atoms with van der Waals surface area (Å²) in [6.07, 6.45) is 5.46. The summed E-state index contributed by atoms with van der Waals surface area (Å²) in [6.45, 7) is 8.27. The standard InChI is InChI=1S/C22H29N3O3/c1-21(2)11-17-12-22(3,13-21)14-25(17)20(27)16-4-5-18-15(10-16)6-8-24(18)9-7-19(26)23-28/h4-6,8,10,17,28H,7,9,11-14H2,1-3H3,(H,23,26). The summed E-state index contributed by atoms with van der Waals surface area (Å²) in [5, 5.41) is 9.63. The third-order valence-corrected chi connectivity index (χ3v) is 6.40. The lowest BCUT2D eigenvalue weighted by molar-refractivity contribution is -0.129. The van der Waals surface area contributed by atoms with E-state index in [1.54, 1.807) is 5.48 Å². The van der Waals surface area contributed by atoms with E-state index in [1.165, 1.54) is 6.42 Å². The smallest absolute Gasteiger partial charge is 0.254 e. The van der Waals surface area contributed by atoms with Gasteiger partial charge in [0.05, 0.1) is 0 Å². The quantitative estimate of drug-likeness (QED) is 0.626. The van der Waals surface area contributed by atoms with Gasteiger partial charge in [0.2, 0.25) is 5.91 Å². The molecule has 2 atom stereocenters. The molecule has 6 heteroatoms. The van der Waals surface area contributed by atoms with E-state index in [9.17, 15) is 9.59 Å². The fraction of sp³-hybridized carbons (Fsp3) is 0.545. The van der Waals surface area contributed by atoms with Crippen molar-refractivity contribution in [2.24, 2.45) is 10.8 Å². The Balaban J connectivity index is 1.55. The lowest BCUT2D eigenvalue weighted by Crippen LogP contribution is -2.37. The summed E-state index contributed by atoms with van der Waals surface area (Å²) >= 11 is 0. The number of fused-ring (bicyclic) bond motifs is 3. The number of carbonyl (C=O) groups excluding carboxylic acids is 2. The molecule has 1 aliphatic carbocycles. The van der Waals surface area contributed by atoms with Gasteiger partial charge in [0.15, 0.2) is 0 Å². The van der Waals surface area contributed by atoms with Crippen LogP contribution in [0.4, 0.5) is 0 Å². The fourth-order valence-electron chi connectivity index (χ4n) is 5.67. The number of hydroxylamine groups is 1. The van der Waals surface area contributed by atoms with Crippen LogP contribution in [0, 0.1) is 10.8 Å². The minimum Gasteiger partial charge on any atom is -0.347 e. The first-order valence-electron chi connectivity index (χ1n) is 10.0. The number of carbonyl (C=O) groups is 2. The predicted octanol–water partition coefficient (Wildman–Crippen LogP) is 3.58. The number of rotatable bonds is 4. The summed E-state index contributed by atoms with van der Waals surface area (Å²) in [7, 11) is 0. The van der Waals surface area contributed by atoms with Crippen molar-refractivity contribution in [2.75, 3.05) is 6.54 Å². The molecule has 2 bridgehead atoms. The molecule has 2 aromatic rings. The van der Waals surface area contributed by atoms with Crippen LogP contribution < -0.4 is 5.48 Å². The van der Waals surface area contributed by atoms with Crippen LogP contribution in [0.3, 0.4) is 0 Å². The summed E-state index contributed by atoms with van der Waals surface area (Å²) in [5.41, 5.74) is 3.88. The van der Waals surface area contributed by atoms with Gasteiger partial charge in [-0.3, -0.25) is 14.8 Å². The van der Waals surface area contributed by atoms with Crippen molar-refractivity contribution in [3.8, 4) is 0 Å². The number of nitrogens with zero attached hydrogens (tertiary/aromatic N) is 2. The predicted molar refractivity (Wildman–Crippen MR) is 107 cm³/mol. The molecule has 0 radical (unpaired) electrons. The largest absolute Gasteiger partial charge is 0.347 e. The van der Waals surface area contributed by atoms with Crippen LogP contribution in [0.25, 0.3) is 10.9 Å². The van der Waals surface area contributed by atoms with E-state index in [0.29, 0.717) is 12.6 Å². The first-order chi connectivity index (χ1) is 13.2. The van der Waals surface area contributed by atoms with Crippen LogP contribution in [0.15, 0.2) is 30.5 Å². The Labute approximate surface area is 165 Å². The molecule has 1 saturated carbocycles. The second-order valence-electron chi connectivity index (χ2n) is 9.71. The van der Waals surface area contributed by atoms with Crippen molar-refractivity contribution in [1.29, 1.82) is 0 Å². The molecule has 6 nitrogen and oxygen atoms in total. The monoisotopic (exact) mass is 383 g/mol. The first-order valence-corrected chi connectivity index (χ1v) is 10.0. The zero-order chi connectivity index (χ0) is 20.1. The Hall–Kier alpha value is -2.34. The van der Waals surface area contributed by atoms with Crippen LogP contribution in [0.2, 0.25) is 0 Å². The van der Waals surface area contributed by atoms with Gasteiger partial charge in [-0.05, 0) is 54.4 Å². The van der Waals surface area contributed by atoms with E-state index in [2.05, 4.69) is 25.7 Å². The van der Waals surface area contributed by atoms with Crippen LogP contribution in [0.1, 0.15) is 56.8 Å². The SMILES string of the molecule is CC1(C)CC2CC(C)(CN2C(=O)c2ccc3c(ccn3CCC(=O)NO)c2)C1. The van der Waals surface area contributed by atoms with Crippen molar-refractivity contribution in [3.05, 3.63) is 36.0 Å². The van der Waals surface area contributed by atoms with Crippen molar-refractivity contribution in [2.45, 2.75) is 59.0 Å². The Bertz CT molecular complexity index is 932. The van der Waals surface area contributed by atoms with Gasteiger partial charge in [-0.25, -0.2) is 5.48 Å². The fourth-order valence-corrected chi connectivity index (χ4v) is 5.67. The number of aryl methyl sites for hydroxylation is 1. The van der Waals surface area contributed by atoms with E-state index in [0.717, 1.165) is 35.9 Å². The molecule has 1 saturated heterocycles. The van der Waals surface area contributed by atoms with Gasteiger partial charge in [0.1, 0.15) is 0 Å². The van der Waals surface area contributed by atoms with E-state index in [1.807, 2.05) is 35.0 Å². The van der Waals surface area contributed by atoms with Gasteiger partial charge in [0.25, 0.3) is 5.91 Å². The second-order valence-corrected chi connectivity index (χ2v) is 9.71. The summed E-state index contributed by atoms with van der Waals surface area (Å²) in [6, 6.07) is 8.10. The third kappa shape index (κ3) is 3.41. The van der Waals surface area contributed by atoms with Crippen molar-refractivity contribution < 1.29 is 14.8 Å². The van der Waals surface area contributed by atoms with Gasteiger partial charge in [-0.2, -0.15) is 0 Å². The average molecular weight is 383 g/mol. The minimum absolute atomic E-state index is 0.126. The highest BCUT2D eigenvalue weighted by Gasteiger charge is 2.51. The molecule has 2 unspecified atom stereocenters. The molecule has 0 spiro atoms. The lowest BCUT2D eigenvalue weighted by atomic mass is 9.65. The number of benzene rings is 1. The lowest BCUT2D eigenvalue weighted by Gasteiger charge is -2.39. The second kappa shape index (κ2) is 6.62. The minimum atomic E-state index is -0.412. The molecule has 28 heavy (non-hydrogen) atoms. The third-order valence-electron chi connectivity index (χ3n) is 6.40. The molecule has 2 fully saturated rings. The van der Waals surface area contributed by atoms with Crippen LogP contribution in [-0.2, 0) is 11.3 Å². The van der Waals surface area contributed by atoms with E-state index in [4.69, 9.17) is 5.21 Å². The zero-order valence-corrected chi connectivity index (χ0v) is 16.9. The number of likely N-dealkylation sites (tertiary alicyclic amines) is 1. The number of hydrogen-bond donors (Lipinski definition) is 2. The van der Waals surface area contributed by atoms with Gasteiger partial charge >= 0.3 is 0 Å².